The van der Waals surface area contributed by atoms with Crippen molar-refractivity contribution in [3.8, 4) is 17.0 Å². The molecule has 0 spiro atoms. The van der Waals surface area contributed by atoms with Gasteiger partial charge in [-0.05, 0) is 24.3 Å². The van der Waals surface area contributed by atoms with Gasteiger partial charge in [-0.25, -0.2) is 9.78 Å². The Hall–Kier alpha value is -4.05. The van der Waals surface area contributed by atoms with Crippen LogP contribution in [0.15, 0.2) is 97.2 Å². The van der Waals surface area contributed by atoms with Gasteiger partial charge in [0.25, 0.3) is 0 Å². The number of esters is 1. The van der Waals surface area contributed by atoms with Crippen LogP contribution in [0.25, 0.3) is 33.1 Å². The molecule has 0 atom stereocenters. The molecule has 0 saturated heterocycles. The van der Waals surface area contributed by atoms with Gasteiger partial charge in [0.2, 0.25) is 0 Å². The van der Waals surface area contributed by atoms with Crippen LogP contribution < -0.4 is 4.74 Å². The van der Waals surface area contributed by atoms with Crippen LogP contribution in [0.1, 0.15) is 10.4 Å². The van der Waals surface area contributed by atoms with Crippen molar-refractivity contribution in [3.63, 3.8) is 0 Å². The standard InChI is InChI=1S/C25H16N2O2/c28-25(29-23-14-6-10-18-11-7-15-26-24(18)23)20-16-22(17-8-2-1-3-9-17)27-21-13-5-4-12-19(20)21/h1-16H. The second-order valence-electron chi connectivity index (χ2n) is 6.66. The molecule has 0 saturated carbocycles. The van der Waals surface area contributed by atoms with Crippen molar-refractivity contribution in [1.82, 2.24) is 9.97 Å². The third-order valence-electron chi connectivity index (χ3n) is 4.80. The van der Waals surface area contributed by atoms with E-state index < -0.39 is 5.97 Å². The van der Waals surface area contributed by atoms with Gasteiger partial charge in [0.1, 0.15) is 5.52 Å². The summed E-state index contributed by atoms with van der Waals surface area (Å²) in [6, 6.07) is 28.5. The largest absolute Gasteiger partial charge is 0.421 e. The minimum absolute atomic E-state index is 0.432. The summed E-state index contributed by atoms with van der Waals surface area (Å²) in [5.41, 5.74) is 3.55. The topological polar surface area (TPSA) is 52.1 Å². The summed E-state index contributed by atoms with van der Waals surface area (Å²) in [5, 5.41) is 1.67. The van der Waals surface area contributed by atoms with Crippen LogP contribution in [0.3, 0.4) is 0 Å². The molecular weight excluding hydrogens is 360 g/mol. The van der Waals surface area contributed by atoms with E-state index in [9.17, 15) is 4.79 Å². The monoisotopic (exact) mass is 376 g/mol. The molecule has 3 aromatic carbocycles. The van der Waals surface area contributed by atoms with Crippen LogP contribution in [0.5, 0.6) is 5.75 Å². The molecule has 4 nitrogen and oxygen atoms in total. The molecule has 5 rings (SSSR count). The zero-order chi connectivity index (χ0) is 19.6. The molecule has 0 N–H and O–H groups in total. The van der Waals surface area contributed by atoms with Crippen molar-refractivity contribution in [2.45, 2.75) is 0 Å². The summed E-state index contributed by atoms with van der Waals surface area (Å²) >= 11 is 0. The maximum absolute atomic E-state index is 13.2. The van der Waals surface area contributed by atoms with Gasteiger partial charge in [-0.2, -0.15) is 0 Å². The fraction of sp³-hybridized carbons (Fsp3) is 0. The molecule has 0 bridgehead atoms. The second-order valence-corrected chi connectivity index (χ2v) is 6.66. The lowest BCUT2D eigenvalue weighted by molar-refractivity contribution is 0.0739. The molecule has 4 heteroatoms. The van der Waals surface area contributed by atoms with Gasteiger partial charge in [0, 0.05) is 22.5 Å². The lowest BCUT2D eigenvalue weighted by Crippen LogP contribution is -2.10. The zero-order valence-electron chi connectivity index (χ0n) is 15.4. The molecule has 138 valence electrons. The van der Waals surface area contributed by atoms with E-state index in [-0.39, 0.29) is 0 Å². The number of carbonyl (C=O) groups is 1. The average molecular weight is 376 g/mol. The number of rotatable bonds is 3. The first kappa shape index (κ1) is 17.1. The second kappa shape index (κ2) is 7.17. The Bertz CT molecular complexity index is 1340. The maximum Gasteiger partial charge on any atom is 0.344 e. The Morgan fingerprint density at radius 3 is 2.48 bits per heavy atom. The quantitative estimate of drug-likeness (QED) is 0.301. The first-order valence-corrected chi connectivity index (χ1v) is 9.31. The number of para-hydroxylation sites is 2. The fourth-order valence-electron chi connectivity index (χ4n) is 3.41. The number of pyridine rings is 2. The summed E-state index contributed by atoms with van der Waals surface area (Å²) in [7, 11) is 0. The lowest BCUT2D eigenvalue weighted by Gasteiger charge is -2.11. The Morgan fingerprint density at radius 1 is 0.793 bits per heavy atom. The maximum atomic E-state index is 13.2. The van der Waals surface area contributed by atoms with Crippen LogP contribution in [0.2, 0.25) is 0 Å². The minimum Gasteiger partial charge on any atom is -0.421 e. The lowest BCUT2D eigenvalue weighted by atomic mass is 10.0. The predicted octanol–water partition coefficient (Wildman–Crippen LogP) is 5.67. The summed E-state index contributed by atoms with van der Waals surface area (Å²) in [4.78, 5) is 22.3. The van der Waals surface area contributed by atoms with E-state index in [1.54, 1.807) is 18.3 Å². The molecule has 0 aliphatic heterocycles. The van der Waals surface area contributed by atoms with Crippen LogP contribution in [-0.4, -0.2) is 15.9 Å². The number of hydrogen-bond acceptors (Lipinski definition) is 4. The van der Waals surface area contributed by atoms with Gasteiger partial charge in [0.15, 0.2) is 5.75 Å². The number of benzene rings is 3. The van der Waals surface area contributed by atoms with Crippen LogP contribution in [0.4, 0.5) is 0 Å². The number of aromatic nitrogens is 2. The Morgan fingerprint density at radius 2 is 1.59 bits per heavy atom. The summed E-state index contributed by atoms with van der Waals surface area (Å²) in [6.07, 6.45) is 1.69. The van der Waals surface area contributed by atoms with E-state index in [4.69, 9.17) is 9.72 Å². The predicted molar refractivity (Wildman–Crippen MR) is 114 cm³/mol. The normalized spacial score (nSPS) is 10.9. The van der Waals surface area contributed by atoms with Crippen LogP contribution in [-0.2, 0) is 0 Å². The van der Waals surface area contributed by atoms with E-state index in [1.807, 2.05) is 78.9 Å². The van der Waals surface area contributed by atoms with Crippen molar-refractivity contribution in [1.29, 1.82) is 0 Å². The van der Waals surface area contributed by atoms with Crippen molar-refractivity contribution in [3.05, 3.63) is 103 Å². The third-order valence-corrected chi connectivity index (χ3v) is 4.80. The molecule has 0 unspecified atom stereocenters. The van der Waals surface area contributed by atoms with Crippen molar-refractivity contribution in [2.24, 2.45) is 0 Å². The molecule has 0 fully saturated rings. The van der Waals surface area contributed by atoms with Gasteiger partial charge >= 0.3 is 5.97 Å². The van der Waals surface area contributed by atoms with Gasteiger partial charge in [-0.1, -0.05) is 66.7 Å². The molecule has 0 radical (unpaired) electrons. The summed E-state index contributed by atoms with van der Waals surface area (Å²) in [6.45, 7) is 0. The number of ether oxygens (including phenoxy) is 1. The minimum atomic E-state index is -0.432. The molecule has 0 aliphatic rings. The molecule has 29 heavy (non-hydrogen) atoms. The van der Waals surface area contributed by atoms with Gasteiger partial charge in [0.05, 0.1) is 16.8 Å². The highest BCUT2D eigenvalue weighted by atomic mass is 16.5. The van der Waals surface area contributed by atoms with Crippen molar-refractivity contribution in [2.75, 3.05) is 0 Å². The van der Waals surface area contributed by atoms with Gasteiger partial charge in [-0.3, -0.25) is 4.98 Å². The van der Waals surface area contributed by atoms with Crippen LogP contribution >= 0.6 is 0 Å². The number of carbonyl (C=O) groups excluding carboxylic acids is 1. The van der Waals surface area contributed by atoms with E-state index in [0.29, 0.717) is 16.8 Å². The average Bonchev–Trinajstić information content (AvgIpc) is 2.79. The third kappa shape index (κ3) is 3.21. The Labute approximate surface area is 167 Å². The number of hydrogen-bond donors (Lipinski definition) is 0. The number of fused-ring (bicyclic) bond motifs is 2. The molecule has 0 amide bonds. The first-order chi connectivity index (χ1) is 14.3. The van der Waals surface area contributed by atoms with E-state index in [0.717, 1.165) is 27.5 Å². The molecule has 0 aliphatic carbocycles. The molecular formula is C25H16N2O2. The van der Waals surface area contributed by atoms with Crippen LogP contribution in [0, 0.1) is 0 Å². The fourth-order valence-corrected chi connectivity index (χ4v) is 3.41. The molecule has 2 heterocycles. The van der Waals surface area contributed by atoms with Crippen molar-refractivity contribution >= 4 is 27.8 Å². The molecule has 2 aromatic heterocycles. The van der Waals surface area contributed by atoms with Gasteiger partial charge in [-0.15, -0.1) is 0 Å². The SMILES string of the molecule is O=C(Oc1cccc2cccnc12)c1cc(-c2ccccc2)nc2ccccc12. The first-order valence-electron chi connectivity index (χ1n) is 9.31. The Kier molecular flexibility index (Phi) is 4.22. The van der Waals surface area contributed by atoms with E-state index in [2.05, 4.69) is 4.98 Å². The molecule has 5 aromatic rings. The van der Waals surface area contributed by atoms with Crippen molar-refractivity contribution < 1.29 is 9.53 Å². The Balaban J connectivity index is 1.62. The highest BCUT2D eigenvalue weighted by Gasteiger charge is 2.17. The summed E-state index contributed by atoms with van der Waals surface area (Å²) in [5.74, 6) is 0.00851. The number of nitrogens with zero attached hydrogens (tertiary/aromatic N) is 2. The summed E-state index contributed by atoms with van der Waals surface area (Å²) < 4.78 is 5.78. The zero-order valence-corrected chi connectivity index (χ0v) is 15.4. The highest BCUT2D eigenvalue weighted by molar-refractivity contribution is 6.06. The highest BCUT2D eigenvalue weighted by Crippen LogP contribution is 2.28. The van der Waals surface area contributed by atoms with E-state index >= 15 is 0 Å². The smallest absolute Gasteiger partial charge is 0.344 e. The van der Waals surface area contributed by atoms with E-state index in [1.165, 1.54) is 0 Å². The van der Waals surface area contributed by atoms with Gasteiger partial charge < -0.3 is 4.74 Å².